The minimum absolute atomic E-state index is 0.128. The van der Waals surface area contributed by atoms with Crippen molar-refractivity contribution in [2.24, 2.45) is 0 Å². The summed E-state index contributed by atoms with van der Waals surface area (Å²) < 4.78 is 47.3. The van der Waals surface area contributed by atoms with Gasteiger partial charge in [0.15, 0.2) is 11.5 Å². The van der Waals surface area contributed by atoms with Crippen molar-refractivity contribution in [3.05, 3.63) is 29.5 Å². The Labute approximate surface area is 115 Å². The third-order valence-corrected chi connectivity index (χ3v) is 2.64. The number of rotatable bonds is 3. The van der Waals surface area contributed by atoms with E-state index in [9.17, 15) is 23.1 Å². The van der Waals surface area contributed by atoms with Gasteiger partial charge in [0.25, 0.3) is 0 Å². The Morgan fingerprint density at radius 1 is 1.38 bits per heavy atom. The van der Waals surface area contributed by atoms with Gasteiger partial charge < -0.3 is 19.5 Å². The molecule has 0 radical (unpaired) electrons. The van der Waals surface area contributed by atoms with Crippen molar-refractivity contribution in [1.82, 2.24) is 5.16 Å². The number of phenolic OH excluding ortho intramolecular Hbond substituents is 1. The standard InChI is InChI=1S/C12H8F3NO5/c1-20-10-6(12(13,14)15)3-2-5(9(10)17)7-4-8(11(18)19)21-16-7/h2-4,17H,1H3,(H,18,19). The Morgan fingerprint density at radius 2 is 2.05 bits per heavy atom. The van der Waals surface area contributed by atoms with E-state index in [2.05, 4.69) is 14.4 Å². The van der Waals surface area contributed by atoms with Gasteiger partial charge in [0.05, 0.1) is 7.11 Å². The Morgan fingerprint density at radius 3 is 2.52 bits per heavy atom. The third kappa shape index (κ3) is 2.62. The molecule has 0 aliphatic heterocycles. The number of phenols is 1. The molecular weight excluding hydrogens is 295 g/mol. The van der Waals surface area contributed by atoms with Gasteiger partial charge in [0.2, 0.25) is 5.76 Å². The Kier molecular flexibility index (Phi) is 3.50. The number of carbonyl (C=O) groups is 1. The molecule has 0 saturated heterocycles. The normalized spacial score (nSPS) is 11.4. The number of hydrogen-bond donors (Lipinski definition) is 2. The van der Waals surface area contributed by atoms with Gasteiger partial charge in [-0.1, -0.05) is 5.16 Å². The number of halogens is 3. The number of benzene rings is 1. The van der Waals surface area contributed by atoms with Gasteiger partial charge >= 0.3 is 12.1 Å². The molecule has 0 unspecified atom stereocenters. The second-order valence-corrected chi connectivity index (χ2v) is 3.92. The average molecular weight is 303 g/mol. The number of alkyl halides is 3. The van der Waals surface area contributed by atoms with E-state index in [4.69, 9.17) is 5.11 Å². The van der Waals surface area contributed by atoms with E-state index >= 15 is 0 Å². The number of carboxylic acids is 1. The Balaban J connectivity index is 2.58. The van der Waals surface area contributed by atoms with Crippen molar-refractivity contribution < 1.29 is 37.4 Å². The van der Waals surface area contributed by atoms with Crippen molar-refractivity contribution in [2.45, 2.75) is 6.18 Å². The lowest BCUT2D eigenvalue weighted by Crippen LogP contribution is -2.07. The summed E-state index contributed by atoms with van der Waals surface area (Å²) in [5.74, 6) is -3.49. The van der Waals surface area contributed by atoms with Crippen molar-refractivity contribution in [3.63, 3.8) is 0 Å². The van der Waals surface area contributed by atoms with E-state index in [1.807, 2.05) is 0 Å². The molecule has 0 saturated carbocycles. The van der Waals surface area contributed by atoms with Crippen LogP contribution in [0.5, 0.6) is 11.5 Å². The van der Waals surface area contributed by atoms with Crippen LogP contribution in [-0.4, -0.2) is 28.4 Å². The van der Waals surface area contributed by atoms with Crippen LogP contribution >= 0.6 is 0 Å². The number of hydrogen-bond acceptors (Lipinski definition) is 5. The third-order valence-electron chi connectivity index (χ3n) is 2.64. The van der Waals surface area contributed by atoms with Crippen LogP contribution in [-0.2, 0) is 6.18 Å². The first-order chi connectivity index (χ1) is 9.75. The molecule has 2 rings (SSSR count). The fraction of sp³-hybridized carbons (Fsp3) is 0.167. The molecule has 6 nitrogen and oxygen atoms in total. The van der Waals surface area contributed by atoms with Crippen LogP contribution in [0.1, 0.15) is 16.1 Å². The summed E-state index contributed by atoms with van der Waals surface area (Å²) >= 11 is 0. The number of carboxylic acid groups (broad SMARTS) is 1. The highest BCUT2D eigenvalue weighted by Gasteiger charge is 2.36. The quantitative estimate of drug-likeness (QED) is 0.905. The van der Waals surface area contributed by atoms with Crippen LogP contribution in [0.4, 0.5) is 13.2 Å². The number of ether oxygens (including phenoxy) is 1. The van der Waals surface area contributed by atoms with Crippen LogP contribution in [0.3, 0.4) is 0 Å². The molecule has 0 aliphatic carbocycles. The maximum Gasteiger partial charge on any atom is 0.420 e. The molecule has 0 amide bonds. The van der Waals surface area contributed by atoms with Gasteiger partial charge in [0, 0.05) is 11.6 Å². The zero-order chi connectivity index (χ0) is 15.8. The van der Waals surface area contributed by atoms with E-state index < -0.39 is 35.0 Å². The first-order valence-electron chi connectivity index (χ1n) is 5.43. The molecule has 2 aromatic rings. The summed E-state index contributed by atoms with van der Waals surface area (Å²) in [6.45, 7) is 0. The number of aromatic hydroxyl groups is 1. The molecule has 0 bridgehead atoms. The highest BCUT2D eigenvalue weighted by molar-refractivity contribution is 5.86. The maximum atomic E-state index is 12.8. The molecule has 9 heteroatoms. The predicted molar refractivity (Wildman–Crippen MR) is 62.1 cm³/mol. The second-order valence-electron chi connectivity index (χ2n) is 3.92. The molecule has 1 aromatic heterocycles. The van der Waals surface area contributed by atoms with Gasteiger partial charge in [-0.2, -0.15) is 13.2 Å². The van der Waals surface area contributed by atoms with Gasteiger partial charge in [0.1, 0.15) is 11.3 Å². The first kappa shape index (κ1) is 14.7. The van der Waals surface area contributed by atoms with Gasteiger partial charge in [-0.3, -0.25) is 0 Å². The zero-order valence-electron chi connectivity index (χ0n) is 10.4. The van der Waals surface area contributed by atoms with E-state index in [0.29, 0.717) is 6.07 Å². The number of nitrogens with zero attached hydrogens (tertiary/aromatic N) is 1. The fourth-order valence-electron chi connectivity index (χ4n) is 1.71. The average Bonchev–Trinajstić information content (AvgIpc) is 2.86. The van der Waals surface area contributed by atoms with Gasteiger partial charge in [-0.25, -0.2) is 4.79 Å². The number of methoxy groups -OCH3 is 1. The highest BCUT2D eigenvalue weighted by Crippen LogP contribution is 2.45. The van der Waals surface area contributed by atoms with Crippen LogP contribution in [0.25, 0.3) is 11.3 Å². The van der Waals surface area contributed by atoms with Crippen LogP contribution < -0.4 is 4.74 Å². The maximum absolute atomic E-state index is 12.8. The zero-order valence-corrected chi connectivity index (χ0v) is 10.4. The first-order valence-corrected chi connectivity index (χ1v) is 5.43. The predicted octanol–water partition coefficient (Wildman–Crippen LogP) is 2.77. The summed E-state index contributed by atoms with van der Waals surface area (Å²) in [4.78, 5) is 10.7. The topological polar surface area (TPSA) is 92.8 Å². The summed E-state index contributed by atoms with van der Waals surface area (Å²) in [5, 5.41) is 22.0. The molecule has 0 fully saturated rings. The Hall–Kier alpha value is -2.71. The van der Waals surface area contributed by atoms with E-state index in [-0.39, 0.29) is 11.3 Å². The molecule has 0 aliphatic rings. The SMILES string of the molecule is COc1c(C(F)(F)F)ccc(-c2cc(C(=O)O)on2)c1O. The molecule has 21 heavy (non-hydrogen) atoms. The van der Waals surface area contributed by atoms with Crippen molar-refractivity contribution in [1.29, 1.82) is 0 Å². The fourth-order valence-corrected chi connectivity index (χ4v) is 1.71. The van der Waals surface area contributed by atoms with Gasteiger partial charge in [-0.05, 0) is 12.1 Å². The molecule has 2 N–H and O–H groups in total. The second kappa shape index (κ2) is 5.00. The highest BCUT2D eigenvalue weighted by atomic mass is 19.4. The van der Waals surface area contributed by atoms with E-state index in [0.717, 1.165) is 19.2 Å². The molecule has 0 atom stereocenters. The molecule has 112 valence electrons. The number of aromatic nitrogens is 1. The van der Waals surface area contributed by atoms with Crippen LogP contribution in [0.15, 0.2) is 22.7 Å². The van der Waals surface area contributed by atoms with Crippen LogP contribution in [0, 0.1) is 0 Å². The lowest BCUT2D eigenvalue weighted by Gasteiger charge is -2.14. The largest absolute Gasteiger partial charge is 0.504 e. The molecule has 0 spiro atoms. The van der Waals surface area contributed by atoms with Crippen LogP contribution in [0.2, 0.25) is 0 Å². The summed E-state index contributed by atoms with van der Waals surface area (Å²) in [7, 11) is 0.972. The minimum atomic E-state index is -4.71. The summed E-state index contributed by atoms with van der Waals surface area (Å²) in [6, 6.07) is 2.62. The lowest BCUT2D eigenvalue weighted by molar-refractivity contribution is -0.138. The van der Waals surface area contributed by atoms with Crippen molar-refractivity contribution >= 4 is 5.97 Å². The van der Waals surface area contributed by atoms with E-state index in [1.54, 1.807) is 0 Å². The smallest absolute Gasteiger partial charge is 0.420 e. The Bertz CT molecular complexity index is 693. The van der Waals surface area contributed by atoms with Crippen molar-refractivity contribution in [3.8, 4) is 22.8 Å². The number of aromatic carboxylic acids is 1. The van der Waals surface area contributed by atoms with E-state index in [1.165, 1.54) is 0 Å². The van der Waals surface area contributed by atoms with Gasteiger partial charge in [-0.15, -0.1) is 0 Å². The molecular formula is C12H8F3NO5. The molecule has 1 aromatic carbocycles. The van der Waals surface area contributed by atoms with Crippen molar-refractivity contribution in [2.75, 3.05) is 7.11 Å². The minimum Gasteiger partial charge on any atom is -0.504 e. The lowest BCUT2D eigenvalue weighted by atomic mass is 10.1. The monoisotopic (exact) mass is 303 g/mol. The molecule has 1 heterocycles. The summed E-state index contributed by atoms with van der Waals surface area (Å²) in [5.41, 5.74) is -1.43. The summed E-state index contributed by atoms with van der Waals surface area (Å²) in [6.07, 6.45) is -4.71.